The summed E-state index contributed by atoms with van der Waals surface area (Å²) >= 11 is 1.84. The minimum Gasteiger partial charge on any atom is -0.333 e. The minimum absolute atomic E-state index is 0.116. The van der Waals surface area contributed by atoms with Crippen LogP contribution in [0.2, 0.25) is 0 Å². The lowest BCUT2D eigenvalue weighted by Crippen LogP contribution is -2.34. The second-order valence-corrected chi connectivity index (χ2v) is 18.6. The molecule has 3 aliphatic rings. The van der Waals surface area contributed by atoms with Crippen LogP contribution in [0.15, 0.2) is 158 Å². The molecule has 11 rings (SSSR count). The maximum absolute atomic E-state index is 5.24. The highest BCUT2D eigenvalue weighted by atomic mass is 32.1. The van der Waals surface area contributed by atoms with Crippen molar-refractivity contribution in [2.24, 2.45) is 0 Å². The number of hydrogen-bond donors (Lipinski definition) is 0. The summed E-state index contributed by atoms with van der Waals surface area (Å²) in [5.41, 5.74) is 12.3. The van der Waals surface area contributed by atoms with E-state index in [0.29, 0.717) is 17.5 Å². The van der Waals surface area contributed by atoms with Gasteiger partial charge in [0.15, 0.2) is 17.5 Å². The molecule has 0 fully saturated rings. The van der Waals surface area contributed by atoms with Gasteiger partial charge in [-0.2, -0.15) is 0 Å². The average Bonchev–Trinajstić information content (AvgIpc) is 3.80. The normalized spacial score (nSPS) is 18.7. The number of rotatable bonds is 5. The summed E-state index contributed by atoms with van der Waals surface area (Å²) in [7, 11) is 0. The lowest BCUT2D eigenvalue weighted by atomic mass is 9.62. The van der Waals surface area contributed by atoms with Crippen molar-refractivity contribution in [3.8, 4) is 45.3 Å². The highest BCUT2D eigenvalue weighted by molar-refractivity contribution is 7.25. The van der Waals surface area contributed by atoms with Crippen LogP contribution in [0.25, 0.3) is 65.5 Å². The van der Waals surface area contributed by atoms with Crippen molar-refractivity contribution >= 4 is 42.9 Å². The van der Waals surface area contributed by atoms with Crippen LogP contribution in [0, 0.1) is 0 Å². The van der Waals surface area contributed by atoms with Crippen LogP contribution in [0.1, 0.15) is 63.1 Å². The van der Waals surface area contributed by atoms with Crippen LogP contribution in [-0.4, -0.2) is 21.0 Å². The molecule has 0 saturated heterocycles. The molecule has 3 heterocycles. The molecule has 0 bridgehead atoms. The zero-order chi connectivity index (χ0) is 39.2. The molecule has 0 amide bonds. The van der Waals surface area contributed by atoms with Crippen LogP contribution in [0.5, 0.6) is 0 Å². The van der Waals surface area contributed by atoms with Crippen molar-refractivity contribution < 1.29 is 0 Å². The summed E-state index contributed by atoms with van der Waals surface area (Å²) in [5.74, 6) is 2.26. The molecule has 6 aromatic carbocycles. The van der Waals surface area contributed by atoms with Crippen molar-refractivity contribution in [1.29, 1.82) is 0 Å². The maximum Gasteiger partial charge on any atom is 0.164 e. The molecular formula is C53H44N4S. The Labute approximate surface area is 344 Å². The van der Waals surface area contributed by atoms with Gasteiger partial charge in [-0.15, -0.1) is 11.3 Å². The number of fused-ring (bicyclic) bond motifs is 7. The zero-order valence-corrected chi connectivity index (χ0v) is 34.1. The zero-order valence-electron chi connectivity index (χ0n) is 33.3. The molecule has 0 spiro atoms. The Morgan fingerprint density at radius 3 is 1.91 bits per heavy atom. The summed E-state index contributed by atoms with van der Waals surface area (Å²) in [6.45, 7) is 9.68. The van der Waals surface area contributed by atoms with Gasteiger partial charge in [-0.05, 0) is 87.9 Å². The molecule has 2 atom stereocenters. The second kappa shape index (κ2) is 13.2. The minimum atomic E-state index is 0.116. The van der Waals surface area contributed by atoms with E-state index >= 15 is 0 Å². The molecule has 282 valence electrons. The summed E-state index contributed by atoms with van der Waals surface area (Å²) in [6.07, 6.45) is 11.6. The van der Waals surface area contributed by atoms with E-state index in [4.69, 9.17) is 15.0 Å². The standard InChI is InChI=1S/C53H44N4S/c1-52(2)26-27-53(3,4)44-32-46-42(31-43(44)52)39-20-8-10-22-45(39)57(46)38-19-13-18-37(29-38)51-55-49(33-14-6-5-7-15-33)54-50(56-51)36-17-12-16-34(28-36)35-24-25-41-40-21-9-11-23-47(40)58-48(41)30-35/h5-25,28-32,39,45H,26-27H2,1-4H3. The van der Waals surface area contributed by atoms with Gasteiger partial charge in [-0.1, -0.05) is 149 Å². The fraction of sp³-hybridized carbons (Fsp3) is 0.189. The smallest absolute Gasteiger partial charge is 0.164 e. The third kappa shape index (κ3) is 5.74. The first kappa shape index (κ1) is 35.0. The Morgan fingerprint density at radius 1 is 0.517 bits per heavy atom. The molecule has 0 N–H and O–H groups in total. The van der Waals surface area contributed by atoms with Gasteiger partial charge in [-0.25, -0.2) is 15.0 Å². The molecule has 1 aliphatic heterocycles. The van der Waals surface area contributed by atoms with Crippen molar-refractivity contribution in [2.75, 3.05) is 4.90 Å². The Bertz CT molecular complexity index is 2990. The summed E-state index contributed by atoms with van der Waals surface area (Å²) < 4.78 is 2.60. The van der Waals surface area contributed by atoms with Gasteiger partial charge < -0.3 is 4.90 Å². The lowest BCUT2D eigenvalue weighted by Gasteiger charge is -2.42. The van der Waals surface area contributed by atoms with E-state index in [9.17, 15) is 0 Å². The van der Waals surface area contributed by atoms with Crippen LogP contribution < -0.4 is 4.90 Å². The third-order valence-electron chi connectivity index (χ3n) is 12.9. The molecule has 2 unspecified atom stereocenters. The van der Waals surface area contributed by atoms with Gasteiger partial charge in [0.05, 0.1) is 6.04 Å². The third-order valence-corrected chi connectivity index (χ3v) is 14.0. The number of anilines is 2. The fourth-order valence-corrected chi connectivity index (χ4v) is 10.7. The van der Waals surface area contributed by atoms with Crippen LogP contribution in [-0.2, 0) is 10.8 Å². The van der Waals surface area contributed by atoms with Gasteiger partial charge in [0, 0.05) is 54.2 Å². The Morgan fingerprint density at radius 2 is 1.12 bits per heavy atom. The Hall–Kier alpha value is -6.17. The molecule has 8 aromatic rings. The molecular weight excluding hydrogens is 725 g/mol. The Balaban J connectivity index is 1.02. The van der Waals surface area contributed by atoms with Crippen molar-refractivity contribution in [3.05, 3.63) is 174 Å². The van der Waals surface area contributed by atoms with E-state index in [1.165, 1.54) is 61.0 Å². The number of benzene rings is 6. The van der Waals surface area contributed by atoms with E-state index < -0.39 is 0 Å². The Kier molecular flexibility index (Phi) is 7.96. The molecule has 2 aliphatic carbocycles. The van der Waals surface area contributed by atoms with Crippen LogP contribution in [0.4, 0.5) is 11.4 Å². The summed E-state index contributed by atoms with van der Waals surface area (Å²) in [6, 6.07) is 48.4. The van der Waals surface area contributed by atoms with Crippen LogP contribution >= 0.6 is 11.3 Å². The average molecular weight is 769 g/mol. The van der Waals surface area contributed by atoms with Crippen molar-refractivity contribution in [2.45, 2.75) is 63.3 Å². The van der Waals surface area contributed by atoms with Gasteiger partial charge in [-0.3, -0.25) is 0 Å². The predicted molar refractivity (Wildman–Crippen MR) is 243 cm³/mol. The summed E-state index contributed by atoms with van der Waals surface area (Å²) in [4.78, 5) is 18.1. The van der Waals surface area contributed by atoms with E-state index in [1.807, 2.05) is 29.5 Å². The first-order valence-electron chi connectivity index (χ1n) is 20.5. The number of thiophene rings is 1. The van der Waals surface area contributed by atoms with Gasteiger partial charge in [0.1, 0.15) is 0 Å². The molecule has 5 heteroatoms. The number of allylic oxidation sites excluding steroid dienone is 2. The second-order valence-electron chi connectivity index (χ2n) is 17.5. The van der Waals surface area contributed by atoms with E-state index in [2.05, 4.69) is 172 Å². The predicted octanol–water partition coefficient (Wildman–Crippen LogP) is 14.0. The fourth-order valence-electron chi connectivity index (χ4n) is 9.58. The van der Waals surface area contributed by atoms with Gasteiger partial charge >= 0.3 is 0 Å². The molecule has 4 nitrogen and oxygen atoms in total. The SMILES string of the molecule is CC1(C)CCC(C)(C)c2cc3c(cc21)C1C=CC=CC1N3c1cccc(-c2nc(-c3ccccc3)nc(-c3cccc(-c4ccc5c(c4)sc4ccccc45)c3)n2)c1. The largest absolute Gasteiger partial charge is 0.333 e. The van der Waals surface area contributed by atoms with E-state index in [-0.39, 0.29) is 22.8 Å². The monoisotopic (exact) mass is 768 g/mol. The van der Waals surface area contributed by atoms with Crippen molar-refractivity contribution in [3.63, 3.8) is 0 Å². The van der Waals surface area contributed by atoms with E-state index in [1.54, 1.807) is 0 Å². The highest BCUT2D eigenvalue weighted by Crippen LogP contribution is 2.54. The number of hydrogen-bond acceptors (Lipinski definition) is 5. The molecule has 0 radical (unpaired) electrons. The van der Waals surface area contributed by atoms with Crippen molar-refractivity contribution in [1.82, 2.24) is 15.0 Å². The molecule has 2 aromatic heterocycles. The van der Waals surface area contributed by atoms with E-state index in [0.717, 1.165) is 27.9 Å². The van der Waals surface area contributed by atoms with Gasteiger partial charge in [0.2, 0.25) is 0 Å². The molecule has 0 saturated carbocycles. The lowest BCUT2D eigenvalue weighted by molar-refractivity contribution is 0.332. The topological polar surface area (TPSA) is 41.9 Å². The summed E-state index contributed by atoms with van der Waals surface area (Å²) in [5, 5.41) is 2.61. The van der Waals surface area contributed by atoms with Gasteiger partial charge in [0.25, 0.3) is 0 Å². The maximum atomic E-state index is 5.24. The molecule has 58 heavy (non-hydrogen) atoms. The number of nitrogens with zero attached hydrogens (tertiary/aromatic N) is 4. The first-order valence-corrected chi connectivity index (χ1v) is 21.3. The quantitative estimate of drug-likeness (QED) is 0.175. The van der Waals surface area contributed by atoms with Crippen LogP contribution in [0.3, 0.4) is 0 Å². The number of aromatic nitrogens is 3. The highest BCUT2D eigenvalue weighted by Gasteiger charge is 2.43. The first-order chi connectivity index (χ1) is 28.2.